The van der Waals surface area contributed by atoms with Gasteiger partial charge in [0.25, 0.3) is 5.69 Å². The first kappa shape index (κ1) is 17.3. The molecule has 1 heterocycles. The Labute approximate surface area is 160 Å². The van der Waals surface area contributed by atoms with Crippen LogP contribution in [0.5, 0.6) is 0 Å². The van der Waals surface area contributed by atoms with Gasteiger partial charge < -0.3 is 0 Å². The first-order valence-electron chi connectivity index (χ1n) is 8.57. The van der Waals surface area contributed by atoms with Gasteiger partial charge in [-0.25, -0.2) is 0 Å². The topological polar surface area (TPSA) is 93.3 Å². The standard InChI is InChI=1S/C21H15N5O2/c27-26(28)19-13-7-4-10-16(19)14-22-24-21-18-12-6-5-11-17(18)20(23-25-21)15-8-2-1-3-9-15/h1-14H,(H,24,25)/b22-14+. The molecule has 1 N–H and O–H groups in total. The molecule has 0 saturated heterocycles. The molecule has 28 heavy (non-hydrogen) atoms. The first-order chi connectivity index (χ1) is 13.7. The van der Waals surface area contributed by atoms with Crippen molar-refractivity contribution in [3.05, 3.63) is 94.5 Å². The zero-order valence-electron chi connectivity index (χ0n) is 14.7. The van der Waals surface area contributed by atoms with Gasteiger partial charge >= 0.3 is 0 Å². The van der Waals surface area contributed by atoms with E-state index in [0.29, 0.717) is 11.4 Å². The molecule has 0 unspecified atom stereocenters. The van der Waals surface area contributed by atoms with E-state index in [2.05, 4.69) is 20.7 Å². The van der Waals surface area contributed by atoms with E-state index in [1.54, 1.807) is 18.2 Å². The molecule has 3 aromatic carbocycles. The Bertz CT molecular complexity index is 1180. The molecular weight excluding hydrogens is 354 g/mol. The van der Waals surface area contributed by atoms with E-state index < -0.39 is 4.92 Å². The van der Waals surface area contributed by atoms with E-state index in [1.807, 2.05) is 54.6 Å². The number of nitro groups is 1. The van der Waals surface area contributed by atoms with Gasteiger partial charge in [-0.05, 0) is 6.07 Å². The average Bonchev–Trinajstić information content (AvgIpc) is 2.74. The van der Waals surface area contributed by atoms with Crippen LogP contribution in [0.15, 0.2) is 84.0 Å². The van der Waals surface area contributed by atoms with Crippen molar-refractivity contribution in [1.82, 2.24) is 10.2 Å². The molecule has 0 amide bonds. The quantitative estimate of drug-likeness (QED) is 0.314. The summed E-state index contributed by atoms with van der Waals surface area (Å²) in [5, 5.41) is 25.6. The molecule has 7 heteroatoms. The van der Waals surface area contributed by atoms with Crippen LogP contribution in [0, 0.1) is 10.1 Å². The summed E-state index contributed by atoms with van der Waals surface area (Å²) in [6.07, 6.45) is 1.40. The molecule has 7 nitrogen and oxygen atoms in total. The summed E-state index contributed by atoms with van der Waals surface area (Å²) in [5.74, 6) is 0.477. The maximum atomic E-state index is 11.1. The van der Waals surface area contributed by atoms with E-state index in [0.717, 1.165) is 22.0 Å². The Morgan fingerprint density at radius 2 is 1.54 bits per heavy atom. The van der Waals surface area contributed by atoms with E-state index >= 15 is 0 Å². The van der Waals surface area contributed by atoms with Crippen molar-refractivity contribution in [2.75, 3.05) is 5.43 Å². The number of hydrogen-bond acceptors (Lipinski definition) is 6. The van der Waals surface area contributed by atoms with Crippen LogP contribution >= 0.6 is 0 Å². The first-order valence-corrected chi connectivity index (χ1v) is 8.57. The second-order valence-corrected chi connectivity index (χ2v) is 5.99. The lowest BCUT2D eigenvalue weighted by Gasteiger charge is -2.08. The molecule has 0 aliphatic heterocycles. The van der Waals surface area contributed by atoms with Crippen molar-refractivity contribution < 1.29 is 4.92 Å². The fraction of sp³-hybridized carbons (Fsp3) is 0. The zero-order chi connectivity index (χ0) is 19.3. The van der Waals surface area contributed by atoms with Crippen LogP contribution in [0.1, 0.15) is 5.56 Å². The number of nitrogens with one attached hydrogen (secondary N) is 1. The maximum Gasteiger partial charge on any atom is 0.278 e. The molecule has 0 spiro atoms. The predicted octanol–water partition coefficient (Wildman–Crippen LogP) is 4.65. The third-order valence-electron chi connectivity index (χ3n) is 4.24. The van der Waals surface area contributed by atoms with Gasteiger partial charge in [-0.1, -0.05) is 66.7 Å². The Morgan fingerprint density at radius 1 is 0.857 bits per heavy atom. The van der Waals surface area contributed by atoms with Crippen molar-refractivity contribution >= 4 is 28.5 Å². The number of hydrogen-bond donors (Lipinski definition) is 1. The molecule has 136 valence electrons. The highest BCUT2D eigenvalue weighted by Crippen LogP contribution is 2.29. The van der Waals surface area contributed by atoms with E-state index in [4.69, 9.17) is 0 Å². The second kappa shape index (κ2) is 7.63. The van der Waals surface area contributed by atoms with Crippen LogP contribution in [-0.2, 0) is 0 Å². The highest BCUT2D eigenvalue weighted by molar-refractivity contribution is 6.00. The summed E-state index contributed by atoms with van der Waals surface area (Å²) >= 11 is 0. The van der Waals surface area contributed by atoms with Gasteiger partial charge in [0.2, 0.25) is 0 Å². The molecule has 0 aliphatic carbocycles. The van der Waals surface area contributed by atoms with Crippen molar-refractivity contribution in [3.8, 4) is 11.3 Å². The molecule has 0 radical (unpaired) electrons. The number of hydrazone groups is 1. The number of nitro benzene ring substituents is 1. The van der Waals surface area contributed by atoms with Crippen LogP contribution in [0.25, 0.3) is 22.0 Å². The number of aromatic nitrogens is 2. The molecule has 0 atom stereocenters. The molecule has 4 aromatic rings. The van der Waals surface area contributed by atoms with Crippen molar-refractivity contribution in [2.24, 2.45) is 5.10 Å². The minimum atomic E-state index is -0.439. The van der Waals surface area contributed by atoms with E-state index in [-0.39, 0.29) is 5.69 Å². The third-order valence-corrected chi connectivity index (χ3v) is 4.24. The molecule has 0 fully saturated rings. The predicted molar refractivity (Wildman–Crippen MR) is 109 cm³/mol. The van der Waals surface area contributed by atoms with E-state index in [9.17, 15) is 10.1 Å². The summed E-state index contributed by atoms with van der Waals surface area (Å²) in [4.78, 5) is 10.7. The van der Waals surface area contributed by atoms with Crippen molar-refractivity contribution in [1.29, 1.82) is 0 Å². The number of rotatable bonds is 5. The molecule has 4 rings (SSSR count). The second-order valence-electron chi connectivity index (χ2n) is 5.99. The third kappa shape index (κ3) is 3.41. The largest absolute Gasteiger partial charge is 0.278 e. The highest BCUT2D eigenvalue weighted by Gasteiger charge is 2.11. The summed E-state index contributed by atoms with van der Waals surface area (Å²) in [7, 11) is 0. The van der Waals surface area contributed by atoms with Gasteiger partial charge in [0, 0.05) is 22.4 Å². The van der Waals surface area contributed by atoms with Gasteiger partial charge in [0.1, 0.15) is 5.69 Å². The monoisotopic (exact) mass is 369 g/mol. The molecule has 0 aliphatic rings. The summed E-state index contributed by atoms with van der Waals surface area (Å²) in [6.45, 7) is 0. The SMILES string of the molecule is O=[N+]([O-])c1ccccc1/C=N/Nc1nnc(-c2ccccc2)c2ccccc12. The van der Waals surface area contributed by atoms with Crippen LogP contribution in [0.3, 0.4) is 0 Å². The fourth-order valence-corrected chi connectivity index (χ4v) is 2.92. The summed E-state index contributed by atoms with van der Waals surface area (Å²) in [5.41, 5.74) is 5.00. The minimum Gasteiger partial charge on any atom is -0.259 e. The molecule has 0 bridgehead atoms. The lowest BCUT2D eigenvalue weighted by Crippen LogP contribution is -2.00. The normalized spacial score (nSPS) is 11.0. The average molecular weight is 369 g/mol. The maximum absolute atomic E-state index is 11.1. The molecular formula is C21H15N5O2. The van der Waals surface area contributed by atoms with Crippen LogP contribution in [0.4, 0.5) is 11.5 Å². The van der Waals surface area contributed by atoms with Crippen LogP contribution in [0.2, 0.25) is 0 Å². The van der Waals surface area contributed by atoms with Crippen LogP contribution < -0.4 is 5.43 Å². The van der Waals surface area contributed by atoms with Gasteiger partial charge in [-0.2, -0.15) is 5.10 Å². The van der Waals surface area contributed by atoms with E-state index in [1.165, 1.54) is 12.3 Å². The Hall–Kier alpha value is -4.13. The summed E-state index contributed by atoms with van der Waals surface area (Å²) in [6, 6.07) is 24.0. The number of fused-ring (bicyclic) bond motifs is 1. The van der Waals surface area contributed by atoms with Crippen LogP contribution in [-0.4, -0.2) is 21.3 Å². The lowest BCUT2D eigenvalue weighted by molar-refractivity contribution is -0.385. The van der Waals surface area contributed by atoms with Crippen molar-refractivity contribution in [2.45, 2.75) is 0 Å². The fourth-order valence-electron chi connectivity index (χ4n) is 2.92. The lowest BCUT2D eigenvalue weighted by atomic mass is 10.0. The number of nitrogens with zero attached hydrogens (tertiary/aromatic N) is 4. The number of benzene rings is 3. The number of para-hydroxylation sites is 1. The van der Waals surface area contributed by atoms with Gasteiger partial charge in [0.15, 0.2) is 5.82 Å². The van der Waals surface area contributed by atoms with Crippen molar-refractivity contribution in [3.63, 3.8) is 0 Å². The smallest absolute Gasteiger partial charge is 0.259 e. The molecule has 0 saturated carbocycles. The Balaban J connectivity index is 1.69. The van der Waals surface area contributed by atoms with Gasteiger partial charge in [0.05, 0.1) is 16.7 Å². The minimum absolute atomic E-state index is 0.0107. The number of anilines is 1. The molecule has 1 aromatic heterocycles. The zero-order valence-corrected chi connectivity index (χ0v) is 14.7. The Kier molecular flexibility index (Phi) is 4.71. The highest BCUT2D eigenvalue weighted by atomic mass is 16.6. The van der Waals surface area contributed by atoms with Gasteiger partial charge in [-0.15, -0.1) is 10.2 Å². The Morgan fingerprint density at radius 3 is 2.32 bits per heavy atom. The van der Waals surface area contributed by atoms with Gasteiger partial charge in [-0.3, -0.25) is 15.5 Å². The summed E-state index contributed by atoms with van der Waals surface area (Å²) < 4.78 is 0.